The van der Waals surface area contributed by atoms with E-state index in [1.165, 1.54) is 30.4 Å². The monoisotopic (exact) mass is 289 g/mol. The molecule has 1 aromatic carbocycles. The summed E-state index contributed by atoms with van der Waals surface area (Å²) >= 11 is 0. The maximum atomic E-state index is 6.43. The number of aryl methyl sites for hydroxylation is 1. The highest BCUT2D eigenvalue weighted by Gasteiger charge is 2.26. The standard InChI is InChI=1S/C19H31NO/c1-13(2)20-12-17-8-6-7-15(4)19(17)21-18-10-9-14(3)16(5)11-18/h6-8,13-14,16,18,20H,9-12H2,1-5H3. The number of nitrogens with one attached hydrogen (secondary N) is 1. The minimum atomic E-state index is 0.384. The molecule has 2 heteroatoms. The highest BCUT2D eigenvalue weighted by atomic mass is 16.5. The summed E-state index contributed by atoms with van der Waals surface area (Å²) in [7, 11) is 0. The minimum Gasteiger partial charge on any atom is -0.490 e. The molecule has 1 aliphatic rings. The molecule has 0 aliphatic heterocycles. The number of hydrogen-bond acceptors (Lipinski definition) is 2. The van der Waals surface area contributed by atoms with Gasteiger partial charge in [0.1, 0.15) is 5.75 Å². The Hall–Kier alpha value is -1.02. The number of para-hydroxylation sites is 1. The minimum absolute atomic E-state index is 0.384. The molecule has 1 aromatic rings. The lowest BCUT2D eigenvalue weighted by atomic mass is 9.80. The van der Waals surface area contributed by atoms with Gasteiger partial charge in [0.15, 0.2) is 0 Å². The van der Waals surface area contributed by atoms with Crippen LogP contribution in [0.5, 0.6) is 5.75 Å². The predicted molar refractivity (Wildman–Crippen MR) is 89.7 cm³/mol. The van der Waals surface area contributed by atoms with Crippen molar-refractivity contribution in [3.63, 3.8) is 0 Å². The zero-order valence-corrected chi connectivity index (χ0v) is 14.3. The third-order valence-corrected chi connectivity index (χ3v) is 4.83. The Morgan fingerprint density at radius 3 is 2.62 bits per heavy atom. The van der Waals surface area contributed by atoms with Gasteiger partial charge in [-0.2, -0.15) is 0 Å². The molecule has 0 aromatic heterocycles. The normalized spacial score (nSPS) is 26.1. The maximum Gasteiger partial charge on any atom is 0.127 e. The van der Waals surface area contributed by atoms with Gasteiger partial charge in [-0.05, 0) is 43.6 Å². The molecular formula is C19H31NO. The van der Waals surface area contributed by atoms with Crippen LogP contribution >= 0.6 is 0 Å². The Bertz CT molecular complexity index is 455. The lowest BCUT2D eigenvalue weighted by Gasteiger charge is -2.33. The second-order valence-corrected chi connectivity index (χ2v) is 7.11. The third kappa shape index (κ3) is 4.47. The zero-order chi connectivity index (χ0) is 15.4. The van der Waals surface area contributed by atoms with Gasteiger partial charge in [0, 0.05) is 18.2 Å². The van der Waals surface area contributed by atoms with E-state index in [0.29, 0.717) is 12.1 Å². The quantitative estimate of drug-likeness (QED) is 0.848. The molecule has 1 fully saturated rings. The van der Waals surface area contributed by atoms with Crippen LogP contribution in [-0.2, 0) is 6.54 Å². The first-order valence-corrected chi connectivity index (χ1v) is 8.46. The Morgan fingerprint density at radius 1 is 1.19 bits per heavy atom. The van der Waals surface area contributed by atoms with E-state index in [0.717, 1.165) is 24.1 Å². The van der Waals surface area contributed by atoms with Crippen molar-refractivity contribution in [2.24, 2.45) is 11.8 Å². The lowest BCUT2D eigenvalue weighted by molar-refractivity contribution is 0.0989. The number of benzene rings is 1. The molecule has 0 amide bonds. The van der Waals surface area contributed by atoms with Crippen LogP contribution in [0.25, 0.3) is 0 Å². The molecule has 2 nitrogen and oxygen atoms in total. The van der Waals surface area contributed by atoms with E-state index in [1.54, 1.807) is 0 Å². The van der Waals surface area contributed by atoms with Gasteiger partial charge in [0.25, 0.3) is 0 Å². The number of hydrogen-bond donors (Lipinski definition) is 1. The van der Waals surface area contributed by atoms with E-state index in [4.69, 9.17) is 4.74 Å². The van der Waals surface area contributed by atoms with Crippen LogP contribution in [-0.4, -0.2) is 12.1 Å². The Morgan fingerprint density at radius 2 is 1.95 bits per heavy atom. The van der Waals surface area contributed by atoms with E-state index in [-0.39, 0.29) is 0 Å². The van der Waals surface area contributed by atoms with Gasteiger partial charge >= 0.3 is 0 Å². The largest absolute Gasteiger partial charge is 0.490 e. The molecule has 118 valence electrons. The fraction of sp³-hybridized carbons (Fsp3) is 0.684. The van der Waals surface area contributed by atoms with Crippen molar-refractivity contribution in [2.45, 2.75) is 72.6 Å². The van der Waals surface area contributed by atoms with Crippen LogP contribution in [0.1, 0.15) is 58.1 Å². The number of ether oxygens (including phenoxy) is 1. The van der Waals surface area contributed by atoms with Crippen LogP contribution in [0.2, 0.25) is 0 Å². The topological polar surface area (TPSA) is 21.3 Å². The molecule has 0 saturated heterocycles. The van der Waals surface area contributed by atoms with Gasteiger partial charge in [-0.25, -0.2) is 0 Å². The smallest absolute Gasteiger partial charge is 0.127 e. The molecule has 3 unspecified atom stereocenters. The molecule has 0 bridgehead atoms. The van der Waals surface area contributed by atoms with Crippen molar-refractivity contribution in [2.75, 3.05) is 0 Å². The van der Waals surface area contributed by atoms with Crippen LogP contribution in [0, 0.1) is 18.8 Å². The molecule has 1 N–H and O–H groups in total. The first-order valence-electron chi connectivity index (χ1n) is 8.46. The second-order valence-electron chi connectivity index (χ2n) is 7.11. The first-order chi connectivity index (χ1) is 9.97. The SMILES string of the molecule is Cc1cccc(CNC(C)C)c1OC1CCC(C)C(C)C1. The summed E-state index contributed by atoms with van der Waals surface area (Å²) in [6.45, 7) is 12.1. The Labute approximate surface area is 130 Å². The maximum absolute atomic E-state index is 6.43. The summed E-state index contributed by atoms with van der Waals surface area (Å²) in [4.78, 5) is 0. The molecular weight excluding hydrogens is 258 g/mol. The van der Waals surface area contributed by atoms with Gasteiger partial charge in [-0.15, -0.1) is 0 Å². The van der Waals surface area contributed by atoms with Crippen LogP contribution in [0.3, 0.4) is 0 Å². The van der Waals surface area contributed by atoms with E-state index >= 15 is 0 Å². The van der Waals surface area contributed by atoms with E-state index in [2.05, 4.69) is 58.1 Å². The molecule has 21 heavy (non-hydrogen) atoms. The van der Waals surface area contributed by atoms with Crippen molar-refractivity contribution in [1.29, 1.82) is 0 Å². The van der Waals surface area contributed by atoms with Crippen molar-refractivity contribution < 1.29 is 4.74 Å². The van der Waals surface area contributed by atoms with Gasteiger partial charge in [-0.1, -0.05) is 45.9 Å². The summed E-state index contributed by atoms with van der Waals surface area (Å²) < 4.78 is 6.43. The van der Waals surface area contributed by atoms with Gasteiger partial charge in [0.2, 0.25) is 0 Å². The summed E-state index contributed by atoms with van der Waals surface area (Å²) in [6.07, 6.45) is 4.05. The van der Waals surface area contributed by atoms with E-state index in [1.807, 2.05) is 0 Å². The highest BCUT2D eigenvalue weighted by molar-refractivity contribution is 5.41. The molecule has 0 radical (unpaired) electrons. The average Bonchev–Trinajstić information content (AvgIpc) is 2.43. The lowest BCUT2D eigenvalue weighted by Crippen LogP contribution is -2.29. The van der Waals surface area contributed by atoms with Crippen molar-refractivity contribution >= 4 is 0 Å². The summed E-state index contributed by atoms with van der Waals surface area (Å²) in [5.74, 6) is 2.71. The first kappa shape index (κ1) is 16.4. The Kier molecular flexibility index (Phi) is 5.69. The molecule has 1 aliphatic carbocycles. The fourth-order valence-corrected chi connectivity index (χ4v) is 3.11. The van der Waals surface area contributed by atoms with Crippen LogP contribution in [0.15, 0.2) is 18.2 Å². The highest BCUT2D eigenvalue weighted by Crippen LogP contribution is 2.34. The van der Waals surface area contributed by atoms with Gasteiger partial charge in [-0.3, -0.25) is 0 Å². The van der Waals surface area contributed by atoms with Gasteiger partial charge < -0.3 is 10.1 Å². The molecule has 3 atom stereocenters. The van der Waals surface area contributed by atoms with Gasteiger partial charge in [0.05, 0.1) is 6.10 Å². The summed E-state index contributed by atoms with van der Waals surface area (Å²) in [5, 5.41) is 3.50. The molecule has 1 saturated carbocycles. The average molecular weight is 289 g/mol. The van der Waals surface area contributed by atoms with Crippen molar-refractivity contribution in [3.8, 4) is 5.75 Å². The third-order valence-electron chi connectivity index (χ3n) is 4.83. The van der Waals surface area contributed by atoms with E-state index < -0.39 is 0 Å². The van der Waals surface area contributed by atoms with E-state index in [9.17, 15) is 0 Å². The zero-order valence-electron chi connectivity index (χ0n) is 14.3. The van der Waals surface area contributed by atoms with Crippen molar-refractivity contribution in [3.05, 3.63) is 29.3 Å². The summed E-state index contributed by atoms with van der Waals surface area (Å²) in [5.41, 5.74) is 2.54. The predicted octanol–water partition coefficient (Wildman–Crippen LogP) is 4.70. The van der Waals surface area contributed by atoms with Crippen LogP contribution < -0.4 is 10.1 Å². The van der Waals surface area contributed by atoms with Crippen molar-refractivity contribution in [1.82, 2.24) is 5.32 Å². The number of rotatable bonds is 5. The second kappa shape index (κ2) is 7.31. The Balaban J connectivity index is 2.08. The summed E-state index contributed by atoms with van der Waals surface area (Å²) in [6, 6.07) is 6.97. The molecule has 2 rings (SSSR count). The van der Waals surface area contributed by atoms with Crippen LogP contribution in [0.4, 0.5) is 0 Å². The molecule has 0 heterocycles. The fourth-order valence-electron chi connectivity index (χ4n) is 3.11. The molecule has 0 spiro atoms.